The molecule has 0 aliphatic rings. The number of pyridine rings is 1. The second kappa shape index (κ2) is 6.93. The Kier molecular flexibility index (Phi) is 4.73. The molecule has 3 heterocycles. The fourth-order valence-electron chi connectivity index (χ4n) is 2.10. The van der Waals surface area contributed by atoms with E-state index in [0.717, 1.165) is 15.9 Å². The van der Waals surface area contributed by atoms with Crippen molar-refractivity contribution >= 4 is 33.2 Å². The Morgan fingerprint density at radius 1 is 1.35 bits per heavy atom. The lowest BCUT2D eigenvalue weighted by atomic mass is 10.3. The van der Waals surface area contributed by atoms with Crippen molar-refractivity contribution in [3.8, 4) is 0 Å². The Morgan fingerprint density at radius 3 is 2.96 bits per heavy atom. The lowest BCUT2D eigenvalue weighted by Gasteiger charge is -2.12. The van der Waals surface area contributed by atoms with Crippen LogP contribution in [0.2, 0.25) is 0 Å². The second-order valence-corrected chi connectivity index (χ2v) is 6.05. The topological polar surface area (TPSA) is 87.4 Å². The summed E-state index contributed by atoms with van der Waals surface area (Å²) in [5, 5.41) is 20.2. The van der Waals surface area contributed by atoms with Crippen LogP contribution in [0.1, 0.15) is 12.5 Å². The standard InChI is InChI=1S/C15H17BrN6O/c1-10(23)6-18-13-5-14(19-8-11-3-2-4-17-7-11)22-15(21-13)12(16)9-20-22/h2-5,7,9-10,19,23H,6,8H2,1H3,(H,18,21). The van der Waals surface area contributed by atoms with Crippen molar-refractivity contribution in [3.05, 3.63) is 46.8 Å². The summed E-state index contributed by atoms with van der Waals surface area (Å²) in [6.07, 6.45) is 4.82. The monoisotopic (exact) mass is 376 g/mol. The number of aliphatic hydroxyl groups is 1. The van der Waals surface area contributed by atoms with E-state index in [4.69, 9.17) is 0 Å². The van der Waals surface area contributed by atoms with Crippen LogP contribution in [0.25, 0.3) is 5.65 Å². The molecule has 1 unspecified atom stereocenters. The van der Waals surface area contributed by atoms with Gasteiger partial charge in [-0.15, -0.1) is 0 Å². The number of nitrogens with zero attached hydrogens (tertiary/aromatic N) is 4. The van der Waals surface area contributed by atoms with Crippen LogP contribution in [0.4, 0.5) is 11.6 Å². The number of fused-ring (bicyclic) bond motifs is 1. The predicted octanol–water partition coefficient (Wildman–Crippen LogP) is 2.29. The molecule has 120 valence electrons. The van der Waals surface area contributed by atoms with Crippen LogP contribution >= 0.6 is 15.9 Å². The van der Waals surface area contributed by atoms with Crippen LogP contribution < -0.4 is 10.6 Å². The number of hydrogen-bond acceptors (Lipinski definition) is 6. The number of halogens is 1. The molecule has 0 saturated carbocycles. The summed E-state index contributed by atoms with van der Waals surface area (Å²) in [4.78, 5) is 8.61. The fraction of sp³-hybridized carbons (Fsp3) is 0.267. The summed E-state index contributed by atoms with van der Waals surface area (Å²) in [7, 11) is 0. The number of nitrogens with one attached hydrogen (secondary N) is 2. The van der Waals surface area contributed by atoms with Crippen molar-refractivity contribution in [3.63, 3.8) is 0 Å². The normalized spacial score (nSPS) is 12.3. The number of aliphatic hydroxyl groups excluding tert-OH is 1. The molecule has 1 atom stereocenters. The zero-order valence-corrected chi connectivity index (χ0v) is 14.2. The van der Waals surface area contributed by atoms with E-state index in [2.05, 4.69) is 41.6 Å². The van der Waals surface area contributed by atoms with E-state index in [1.165, 1.54) is 0 Å². The van der Waals surface area contributed by atoms with E-state index < -0.39 is 6.10 Å². The highest BCUT2D eigenvalue weighted by atomic mass is 79.9. The molecule has 0 radical (unpaired) electrons. The molecule has 0 fully saturated rings. The second-order valence-electron chi connectivity index (χ2n) is 5.20. The molecule has 0 spiro atoms. The SMILES string of the molecule is CC(O)CNc1cc(NCc2cccnc2)n2ncc(Br)c2n1. The summed E-state index contributed by atoms with van der Waals surface area (Å²) in [5.74, 6) is 1.48. The van der Waals surface area contributed by atoms with Crippen molar-refractivity contribution in [2.75, 3.05) is 17.2 Å². The third-order valence-corrected chi connectivity index (χ3v) is 3.76. The van der Waals surface area contributed by atoms with Gasteiger partial charge in [0.15, 0.2) is 5.65 Å². The zero-order chi connectivity index (χ0) is 16.2. The van der Waals surface area contributed by atoms with Crippen LogP contribution in [-0.2, 0) is 6.54 Å². The fourth-order valence-corrected chi connectivity index (χ4v) is 2.45. The highest BCUT2D eigenvalue weighted by Crippen LogP contribution is 2.22. The number of rotatable bonds is 6. The number of hydrogen-bond donors (Lipinski definition) is 3. The molecule has 8 heteroatoms. The molecule has 23 heavy (non-hydrogen) atoms. The highest BCUT2D eigenvalue weighted by Gasteiger charge is 2.10. The minimum atomic E-state index is -0.451. The molecule has 3 N–H and O–H groups in total. The van der Waals surface area contributed by atoms with E-state index in [9.17, 15) is 5.11 Å². The van der Waals surface area contributed by atoms with Gasteiger partial charge in [0.25, 0.3) is 0 Å². The van der Waals surface area contributed by atoms with Crippen molar-refractivity contribution < 1.29 is 5.11 Å². The van der Waals surface area contributed by atoms with Gasteiger partial charge in [-0.25, -0.2) is 4.98 Å². The summed E-state index contributed by atoms with van der Waals surface area (Å²) in [6, 6.07) is 5.77. The zero-order valence-electron chi connectivity index (χ0n) is 12.6. The van der Waals surface area contributed by atoms with Crippen LogP contribution in [-0.4, -0.2) is 37.3 Å². The van der Waals surface area contributed by atoms with E-state index in [-0.39, 0.29) is 0 Å². The van der Waals surface area contributed by atoms with Crippen molar-refractivity contribution in [2.24, 2.45) is 0 Å². The van der Waals surface area contributed by atoms with Crippen molar-refractivity contribution in [1.29, 1.82) is 0 Å². The number of aromatic nitrogens is 4. The first-order valence-corrected chi connectivity index (χ1v) is 8.02. The van der Waals surface area contributed by atoms with E-state index in [1.807, 2.05) is 24.4 Å². The minimum absolute atomic E-state index is 0.428. The molecule has 0 amide bonds. The average molecular weight is 377 g/mol. The molecule has 3 aromatic rings. The maximum absolute atomic E-state index is 9.42. The average Bonchev–Trinajstić information content (AvgIpc) is 2.93. The molecule has 7 nitrogen and oxygen atoms in total. The summed E-state index contributed by atoms with van der Waals surface area (Å²) in [6.45, 7) is 2.78. The third kappa shape index (κ3) is 3.77. The van der Waals surface area contributed by atoms with Gasteiger partial charge >= 0.3 is 0 Å². The van der Waals surface area contributed by atoms with Gasteiger partial charge in [-0.1, -0.05) is 6.07 Å². The lowest BCUT2D eigenvalue weighted by molar-refractivity contribution is 0.208. The first-order valence-electron chi connectivity index (χ1n) is 7.22. The highest BCUT2D eigenvalue weighted by molar-refractivity contribution is 9.10. The minimum Gasteiger partial charge on any atom is -0.392 e. The maximum atomic E-state index is 9.42. The summed E-state index contributed by atoms with van der Waals surface area (Å²) < 4.78 is 2.54. The Hall–Kier alpha value is -2.19. The molecule has 0 saturated heterocycles. The Labute approximate surface area is 141 Å². The molecule has 0 aliphatic carbocycles. The van der Waals surface area contributed by atoms with E-state index in [1.54, 1.807) is 23.8 Å². The molecular weight excluding hydrogens is 360 g/mol. The van der Waals surface area contributed by atoms with Gasteiger partial charge < -0.3 is 15.7 Å². The van der Waals surface area contributed by atoms with Crippen LogP contribution in [0, 0.1) is 0 Å². The molecule has 0 aromatic carbocycles. The van der Waals surface area contributed by atoms with Crippen molar-refractivity contribution in [1.82, 2.24) is 19.6 Å². The predicted molar refractivity (Wildman–Crippen MR) is 92.4 cm³/mol. The quantitative estimate of drug-likeness (QED) is 0.611. The van der Waals surface area contributed by atoms with Gasteiger partial charge in [0.05, 0.1) is 16.8 Å². The molecule has 0 aliphatic heterocycles. The van der Waals surface area contributed by atoms with Gasteiger partial charge in [0.1, 0.15) is 11.6 Å². The van der Waals surface area contributed by atoms with Crippen molar-refractivity contribution in [2.45, 2.75) is 19.6 Å². The van der Waals surface area contributed by atoms with Crippen LogP contribution in [0.3, 0.4) is 0 Å². The largest absolute Gasteiger partial charge is 0.392 e. The Bertz CT molecular complexity index is 789. The van der Waals surface area contributed by atoms with Crippen LogP contribution in [0.5, 0.6) is 0 Å². The first-order chi connectivity index (χ1) is 11.1. The lowest BCUT2D eigenvalue weighted by Crippen LogP contribution is -2.17. The molecule has 0 bridgehead atoms. The first kappa shape index (κ1) is 15.7. The third-order valence-electron chi connectivity index (χ3n) is 3.20. The van der Waals surface area contributed by atoms with Crippen LogP contribution in [0.15, 0.2) is 41.3 Å². The smallest absolute Gasteiger partial charge is 0.173 e. The van der Waals surface area contributed by atoms with Gasteiger partial charge in [-0.2, -0.15) is 9.61 Å². The van der Waals surface area contributed by atoms with Gasteiger partial charge in [0.2, 0.25) is 0 Å². The van der Waals surface area contributed by atoms with Gasteiger partial charge in [-0.05, 0) is 34.5 Å². The Morgan fingerprint density at radius 2 is 2.22 bits per heavy atom. The van der Waals surface area contributed by atoms with Gasteiger partial charge in [0, 0.05) is 31.5 Å². The molecular formula is C15H17BrN6O. The summed E-state index contributed by atoms with van der Waals surface area (Å²) >= 11 is 3.45. The Balaban J connectivity index is 1.87. The van der Waals surface area contributed by atoms with E-state index in [0.29, 0.717) is 24.6 Å². The van der Waals surface area contributed by atoms with E-state index >= 15 is 0 Å². The maximum Gasteiger partial charge on any atom is 0.173 e. The molecule has 3 aromatic heterocycles. The summed E-state index contributed by atoms with van der Waals surface area (Å²) in [5.41, 5.74) is 1.77. The molecule has 3 rings (SSSR count). The number of anilines is 2. The van der Waals surface area contributed by atoms with Gasteiger partial charge in [-0.3, -0.25) is 4.98 Å².